The van der Waals surface area contributed by atoms with Crippen LogP contribution in [0.15, 0.2) is 17.2 Å². The van der Waals surface area contributed by atoms with Gasteiger partial charge in [0, 0.05) is 18.9 Å². The summed E-state index contributed by atoms with van der Waals surface area (Å²) in [6.45, 7) is 6.25. The number of aliphatic hydroxyl groups excluding tert-OH is 1. The first kappa shape index (κ1) is 12.7. The Balaban J connectivity index is 2.98. The Kier molecular flexibility index (Phi) is 4.06. The lowest BCUT2D eigenvalue weighted by Gasteiger charge is -2.23. The molecule has 0 unspecified atom stereocenters. The summed E-state index contributed by atoms with van der Waals surface area (Å²) >= 11 is 0. The second-order valence-electron chi connectivity index (χ2n) is 4.44. The maximum Gasteiger partial charge on any atom is 0.293 e. The van der Waals surface area contributed by atoms with E-state index in [0.717, 1.165) is 6.42 Å². The zero-order valence-corrected chi connectivity index (χ0v) is 10.0. The molecule has 0 aromatic carbocycles. The number of hydrogen-bond acceptors (Lipinski definition) is 4. The van der Waals surface area contributed by atoms with E-state index >= 15 is 0 Å². The molecule has 0 atom stereocenters. The Hall–Kier alpha value is -1.36. The Morgan fingerprint density at radius 1 is 1.56 bits per heavy atom. The van der Waals surface area contributed by atoms with Gasteiger partial charge in [-0.05, 0) is 20.3 Å². The van der Waals surface area contributed by atoms with Gasteiger partial charge in [-0.15, -0.1) is 0 Å². The first-order valence-electron chi connectivity index (χ1n) is 5.44. The van der Waals surface area contributed by atoms with Crippen molar-refractivity contribution in [2.75, 3.05) is 11.9 Å². The molecule has 2 N–H and O–H groups in total. The highest BCUT2D eigenvalue weighted by Gasteiger charge is 2.18. The summed E-state index contributed by atoms with van der Waals surface area (Å²) < 4.78 is 1.61. The lowest BCUT2D eigenvalue weighted by molar-refractivity contribution is 0.233. The molecule has 0 radical (unpaired) electrons. The first-order valence-corrected chi connectivity index (χ1v) is 5.44. The first-order chi connectivity index (χ1) is 7.50. The van der Waals surface area contributed by atoms with Crippen LogP contribution in [0.25, 0.3) is 0 Å². The topological polar surface area (TPSA) is 67.2 Å². The highest BCUT2D eigenvalue weighted by Crippen LogP contribution is 2.07. The van der Waals surface area contributed by atoms with Crippen molar-refractivity contribution in [2.45, 2.75) is 39.3 Å². The zero-order valence-electron chi connectivity index (χ0n) is 10.0. The van der Waals surface area contributed by atoms with Crippen molar-refractivity contribution in [3.8, 4) is 0 Å². The Bertz CT molecular complexity index is 398. The van der Waals surface area contributed by atoms with E-state index in [1.54, 1.807) is 17.0 Å². The number of aromatic nitrogens is 2. The fourth-order valence-corrected chi connectivity index (χ4v) is 1.31. The molecule has 0 aliphatic rings. The molecule has 0 aliphatic carbocycles. The summed E-state index contributed by atoms with van der Waals surface area (Å²) in [5, 5.41) is 12.1. The smallest absolute Gasteiger partial charge is 0.293 e. The molecular formula is C11H19N3O2. The predicted molar refractivity (Wildman–Crippen MR) is 63.6 cm³/mol. The molecule has 1 heterocycles. The third-order valence-corrected chi connectivity index (χ3v) is 2.23. The molecule has 5 heteroatoms. The van der Waals surface area contributed by atoms with Crippen LogP contribution in [0.1, 0.15) is 27.2 Å². The lowest BCUT2D eigenvalue weighted by atomic mass is 10.1. The third kappa shape index (κ3) is 3.06. The molecule has 16 heavy (non-hydrogen) atoms. The number of nitrogens with one attached hydrogen (secondary N) is 1. The van der Waals surface area contributed by atoms with Gasteiger partial charge in [0.05, 0.1) is 12.1 Å². The Labute approximate surface area is 95.1 Å². The summed E-state index contributed by atoms with van der Waals surface area (Å²) in [6, 6.07) is 0. The molecule has 0 saturated heterocycles. The van der Waals surface area contributed by atoms with E-state index in [9.17, 15) is 4.79 Å². The highest BCUT2D eigenvalue weighted by atomic mass is 16.3. The van der Waals surface area contributed by atoms with Crippen LogP contribution in [0.3, 0.4) is 0 Å². The molecular weight excluding hydrogens is 206 g/mol. The van der Waals surface area contributed by atoms with Crippen LogP contribution in [0.2, 0.25) is 0 Å². The maximum atomic E-state index is 11.9. The number of anilines is 1. The largest absolute Gasteiger partial charge is 0.394 e. The van der Waals surface area contributed by atoms with Crippen molar-refractivity contribution >= 4 is 5.82 Å². The van der Waals surface area contributed by atoms with Gasteiger partial charge in [0.2, 0.25) is 0 Å². The van der Waals surface area contributed by atoms with Gasteiger partial charge < -0.3 is 15.0 Å². The van der Waals surface area contributed by atoms with Gasteiger partial charge in [-0.2, -0.15) is 0 Å². The van der Waals surface area contributed by atoms with Crippen molar-refractivity contribution in [2.24, 2.45) is 0 Å². The number of aliphatic hydroxyl groups is 1. The van der Waals surface area contributed by atoms with Gasteiger partial charge in [-0.1, -0.05) is 6.92 Å². The summed E-state index contributed by atoms with van der Waals surface area (Å²) in [6.07, 6.45) is 4.16. The molecule has 0 bridgehead atoms. The van der Waals surface area contributed by atoms with E-state index in [1.807, 2.05) is 20.8 Å². The average molecular weight is 225 g/mol. The minimum Gasteiger partial charge on any atom is -0.394 e. The number of nitrogens with zero attached hydrogens (tertiary/aromatic N) is 2. The van der Waals surface area contributed by atoms with Crippen LogP contribution in [0.5, 0.6) is 0 Å². The van der Waals surface area contributed by atoms with E-state index < -0.39 is 5.54 Å². The van der Waals surface area contributed by atoms with Gasteiger partial charge in [0.25, 0.3) is 5.56 Å². The number of aryl methyl sites for hydroxylation is 1. The normalized spacial score (nSPS) is 11.5. The van der Waals surface area contributed by atoms with E-state index in [4.69, 9.17) is 5.11 Å². The number of hydrogen-bond donors (Lipinski definition) is 2. The van der Waals surface area contributed by atoms with E-state index in [1.165, 1.54) is 0 Å². The second-order valence-corrected chi connectivity index (χ2v) is 4.44. The van der Waals surface area contributed by atoms with Gasteiger partial charge in [-0.3, -0.25) is 4.79 Å². The van der Waals surface area contributed by atoms with Crippen LogP contribution in [0, 0.1) is 0 Å². The van der Waals surface area contributed by atoms with E-state index in [-0.39, 0.29) is 18.0 Å². The summed E-state index contributed by atoms with van der Waals surface area (Å²) in [7, 11) is 0. The van der Waals surface area contributed by atoms with Gasteiger partial charge in [-0.25, -0.2) is 4.98 Å². The van der Waals surface area contributed by atoms with E-state index in [2.05, 4.69) is 10.3 Å². The third-order valence-electron chi connectivity index (χ3n) is 2.23. The van der Waals surface area contributed by atoms with Crippen LogP contribution < -0.4 is 10.9 Å². The van der Waals surface area contributed by atoms with Gasteiger partial charge in [0.15, 0.2) is 5.82 Å². The monoisotopic (exact) mass is 225 g/mol. The molecule has 0 aliphatic heterocycles. The average Bonchev–Trinajstić information content (AvgIpc) is 2.24. The van der Waals surface area contributed by atoms with Crippen molar-refractivity contribution < 1.29 is 5.11 Å². The van der Waals surface area contributed by atoms with Crippen molar-refractivity contribution in [3.05, 3.63) is 22.7 Å². The Morgan fingerprint density at radius 2 is 2.25 bits per heavy atom. The van der Waals surface area contributed by atoms with Crippen molar-refractivity contribution in [1.29, 1.82) is 0 Å². The predicted octanol–water partition coefficient (Wildman–Crippen LogP) is 0.836. The molecule has 90 valence electrons. The van der Waals surface area contributed by atoms with Crippen molar-refractivity contribution in [3.63, 3.8) is 0 Å². The van der Waals surface area contributed by atoms with Crippen LogP contribution >= 0.6 is 0 Å². The lowest BCUT2D eigenvalue weighted by Crippen LogP contribution is -2.38. The van der Waals surface area contributed by atoms with E-state index in [0.29, 0.717) is 6.54 Å². The van der Waals surface area contributed by atoms with Crippen molar-refractivity contribution in [1.82, 2.24) is 9.55 Å². The molecule has 0 fully saturated rings. The second kappa shape index (κ2) is 5.12. The van der Waals surface area contributed by atoms with Crippen LogP contribution in [0.4, 0.5) is 5.82 Å². The van der Waals surface area contributed by atoms with Gasteiger partial charge in [0.1, 0.15) is 0 Å². The molecule has 1 rings (SSSR count). The van der Waals surface area contributed by atoms with Crippen LogP contribution in [-0.4, -0.2) is 26.8 Å². The minimum absolute atomic E-state index is 0.0587. The fraction of sp³-hybridized carbons (Fsp3) is 0.636. The summed E-state index contributed by atoms with van der Waals surface area (Å²) in [5.74, 6) is 0.287. The molecule has 0 spiro atoms. The quantitative estimate of drug-likeness (QED) is 0.779. The number of rotatable bonds is 5. The molecule has 1 aromatic rings. The maximum absolute atomic E-state index is 11.9. The zero-order chi connectivity index (χ0) is 12.2. The summed E-state index contributed by atoms with van der Waals surface area (Å²) in [5.41, 5.74) is -0.691. The van der Waals surface area contributed by atoms with Crippen LogP contribution in [-0.2, 0) is 6.54 Å². The molecule has 0 saturated carbocycles. The fourth-order valence-electron chi connectivity index (χ4n) is 1.31. The minimum atomic E-state index is -0.544. The summed E-state index contributed by atoms with van der Waals surface area (Å²) in [4.78, 5) is 15.9. The standard InChI is InChI=1S/C11H19N3O2/c1-4-6-14-7-5-12-9(10(14)16)13-11(2,3)8-15/h5,7,15H,4,6,8H2,1-3H3,(H,12,13). The van der Waals surface area contributed by atoms with Gasteiger partial charge >= 0.3 is 0 Å². The molecule has 0 amide bonds. The Morgan fingerprint density at radius 3 is 2.81 bits per heavy atom. The SMILES string of the molecule is CCCn1ccnc(NC(C)(C)CO)c1=O. The molecule has 5 nitrogen and oxygen atoms in total. The molecule has 1 aromatic heterocycles. The highest BCUT2D eigenvalue weighted by molar-refractivity contribution is 5.34.